The summed E-state index contributed by atoms with van der Waals surface area (Å²) >= 11 is 2.63. The number of carbonyl (C=O) groups excluding carboxylic acids is 4. The van der Waals surface area contributed by atoms with Gasteiger partial charge in [0.05, 0.1) is 31.3 Å². The molecule has 1 fully saturated rings. The molecule has 0 spiro atoms. The number of hydrogen-bond donors (Lipinski definition) is 0. The topological polar surface area (TPSA) is 115 Å². The number of hydrogen-bond acceptors (Lipinski definition) is 9. The molecule has 180 valence electrons. The van der Waals surface area contributed by atoms with Crippen molar-refractivity contribution in [3.8, 4) is 0 Å². The molecule has 0 radical (unpaired) electrons. The first-order valence-corrected chi connectivity index (χ1v) is 12.6. The smallest absolute Gasteiger partial charge is 0.445 e. The summed E-state index contributed by atoms with van der Waals surface area (Å²) in [6, 6.07) is 3.27. The third-order valence-electron chi connectivity index (χ3n) is 5.68. The predicted octanol–water partition coefficient (Wildman–Crippen LogP) is 1.19. The number of imide groups is 1. The lowest BCUT2D eigenvalue weighted by molar-refractivity contribution is -0.407. The lowest BCUT2D eigenvalue weighted by Gasteiger charge is -2.34. The number of urea groups is 1. The van der Waals surface area contributed by atoms with Gasteiger partial charge in [0.25, 0.3) is 5.84 Å². The average Bonchev–Trinajstić information content (AvgIpc) is 3.39. The van der Waals surface area contributed by atoms with Crippen LogP contribution >= 0.6 is 23.1 Å². The van der Waals surface area contributed by atoms with E-state index in [0.29, 0.717) is 49.5 Å². The van der Waals surface area contributed by atoms with Gasteiger partial charge >= 0.3 is 18.0 Å². The highest BCUT2D eigenvalue weighted by Crippen LogP contribution is 2.27. The number of rotatable bonds is 4. The summed E-state index contributed by atoms with van der Waals surface area (Å²) in [5, 5.41) is 2.33. The van der Waals surface area contributed by atoms with E-state index in [4.69, 9.17) is 4.74 Å². The Balaban J connectivity index is 1.50. The Hall–Kier alpha value is -3.06. The third kappa shape index (κ3) is 4.62. The number of nitrogens with zero attached hydrogens (tertiary/aromatic N) is 6. The second kappa shape index (κ2) is 10.1. The Labute approximate surface area is 204 Å². The molecule has 13 heteroatoms. The summed E-state index contributed by atoms with van der Waals surface area (Å²) < 4.78 is 6.37. The molecule has 3 aliphatic heterocycles. The first-order chi connectivity index (χ1) is 16.3. The van der Waals surface area contributed by atoms with E-state index in [9.17, 15) is 19.2 Å². The first kappa shape index (κ1) is 24.1. The molecular formula is C21H25N6O5S2+. The van der Waals surface area contributed by atoms with E-state index < -0.39 is 17.9 Å². The largest absolute Gasteiger partial charge is 0.450 e. The standard InChI is InChI=1S/C21H25N6O5S2/c1-4-32-21(31)27-9-7-26(8-10-27)14(28)12-34-18-15-17(24(2)20(30)25(3)19(15)29)22-16(23-18)13-6-5-11-33-13/h5-6,11,15H,4,7-10,12H2,1-3H3/q+1. The lowest BCUT2D eigenvalue weighted by atomic mass is 10.0. The molecule has 1 unspecified atom stereocenters. The van der Waals surface area contributed by atoms with Crippen molar-refractivity contribution in [3.63, 3.8) is 0 Å². The minimum atomic E-state index is -0.838. The number of carbonyl (C=O) groups is 4. The van der Waals surface area contributed by atoms with Crippen LogP contribution in [0.2, 0.25) is 0 Å². The van der Waals surface area contributed by atoms with Gasteiger partial charge in [-0.05, 0) is 18.4 Å². The molecule has 0 saturated carbocycles. The molecular weight excluding hydrogens is 480 g/mol. The van der Waals surface area contributed by atoms with Gasteiger partial charge in [-0.2, -0.15) is 9.48 Å². The first-order valence-electron chi connectivity index (χ1n) is 10.8. The summed E-state index contributed by atoms with van der Waals surface area (Å²) in [6.07, 6.45) is -0.373. The minimum absolute atomic E-state index is 0.0778. The van der Waals surface area contributed by atoms with Gasteiger partial charge in [0, 0.05) is 26.2 Å². The van der Waals surface area contributed by atoms with Crippen LogP contribution in [0.3, 0.4) is 0 Å². The van der Waals surface area contributed by atoms with E-state index in [1.54, 1.807) is 23.8 Å². The molecule has 1 aromatic heterocycles. The Bertz CT molecular complexity index is 1100. The highest BCUT2D eigenvalue weighted by molar-refractivity contribution is 8.14. The van der Waals surface area contributed by atoms with Gasteiger partial charge in [0.2, 0.25) is 11.7 Å². The molecule has 4 rings (SSSR count). The van der Waals surface area contributed by atoms with Crippen LogP contribution in [0.5, 0.6) is 0 Å². The number of aliphatic imine (C=N–C) groups is 2. The fourth-order valence-electron chi connectivity index (χ4n) is 3.78. The Morgan fingerprint density at radius 1 is 1.21 bits per heavy atom. The van der Waals surface area contributed by atoms with E-state index in [1.807, 2.05) is 17.5 Å². The summed E-state index contributed by atoms with van der Waals surface area (Å²) in [6.45, 7) is 3.69. The van der Waals surface area contributed by atoms with Gasteiger partial charge in [-0.3, -0.25) is 9.59 Å². The van der Waals surface area contributed by atoms with Crippen LogP contribution in [-0.4, -0.2) is 113 Å². The molecule has 4 heterocycles. The van der Waals surface area contributed by atoms with E-state index in [0.717, 1.165) is 9.78 Å². The summed E-state index contributed by atoms with van der Waals surface area (Å²) in [5.41, 5.74) is 0. The van der Waals surface area contributed by atoms with Gasteiger partial charge in [-0.15, -0.1) is 11.3 Å². The van der Waals surface area contributed by atoms with Crippen molar-refractivity contribution in [2.45, 2.75) is 6.92 Å². The fraction of sp³-hybridized carbons (Fsp3) is 0.476. The molecule has 0 N–H and O–H groups in total. The monoisotopic (exact) mass is 505 g/mol. The highest BCUT2D eigenvalue weighted by Gasteiger charge is 2.49. The van der Waals surface area contributed by atoms with Gasteiger partial charge in [-0.25, -0.2) is 14.6 Å². The van der Waals surface area contributed by atoms with E-state index in [2.05, 4.69) is 9.98 Å². The summed E-state index contributed by atoms with van der Waals surface area (Å²) in [4.78, 5) is 64.5. The third-order valence-corrected chi connectivity index (χ3v) is 7.56. The van der Waals surface area contributed by atoms with Crippen LogP contribution in [0, 0.1) is 5.92 Å². The van der Waals surface area contributed by atoms with E-state index in [-0.39, 0.29) is 17.8 Å². The maximum absolute atomic E-state index is 13.0. The fourth-order valence-corrected chi connectivity index (χ4v) is 5.42. The van der Waals surface area contributed by atoms with Gasteiger partial charge in [-0.1, -0.05) is 22.8 Å². The molecule has 3 aliphatic rings. The maximum atomic E-state index is 13.0. The molecule has 1 atom stereocenters. The van der Waals surface area contributed by atoms with Crippen molar-refractivity contribution in [1.29, 1.82) is 0 Å². The number of ether oxygens (including phenoxy) is 1. The van der Waals surface area contributed by atoms with E-state index >= 15 is 0 Å². The van der Waals surface area contributed by atoms with Crippen molar-refractivity contribution >= 4 is 63.8 Å². The zero-order valence-corrected chi connectivity index (χ0v) is 20.7. The number of amides is 5. The van der Waals surface area contributed by atoms with Crippen molar-refractivity contribution in [3.05, 3.63) is 22.4 Å². The van der Waals surface area contributed by atoms with Gasteiger partial charge < -0.3 is 14.5 Å². The van der Waals surface area contributed by atoms with Crippen molar-refractivity contribution in [2.75, 3.05) is 52.6 Å². The Kier molecular flexibility index (Phi) is 7.12. The van der Waals surface area contributed by atoms with Gasteiger partial charge in [0.1, 0.15) is 5.04 Å². The Morgan fingerprint density at radius 3 is 2.56 bits per heavy atom. The molecule has 5 amide bonds. The van der Waals surface area contributed by atoms with Crippen LogP contribution < -0.4 is 0 Å². The van der Waals surface area contributed by atoms with E-state index in [1.165, 1.54) is 34.7 Å². The molecule has 1 aromatic rings. The van der Waals surface area contributed by atoms with Crippen molar-refractivity contribution < 1.29 is 28.5 Å². The zero-order chi connectivity index (χ0) is 24.4. The number of thioether (sulfide) groups is 1. The van der Waals surface area contributed by atoms with Crippen molar-refractivity contribution in [1.82, 2.24) is 14.7 Å². The average molecular weight is 506 g/mol. The highest BCUT2D eigenvalue weighted by atomic mass is 32.2. The number of amidine groups is 2. The normalized spacial score (nSPS) is 20.8. The molecule has 0 aromatic carbocycles. The second-order valence-electron chi connectivity index (χ2n) is 7.75. The predicted molar refractivity (Wildman–Crippen MR) is 129 cm³/mol. The number of piperazine rings is 1. The molecule has 11 nitrogen and oxygen atoms in total. The second-order valence-corrected chi connectivity index (χ2v) is 9.69. The maximum Gasteiger partial charge on any atom is 0.445 e. The summed E-state index contributed by atoms with van der Waals surface area (Å²) in [5.74, 6) is -0.572. The van der Waals surface area contributed by atoms with Crippen LogP contribution in [-0.2, 0) is 14.3 Å². The molecule has 0 bridgehead atoms. The number of thiophene rings is 1. The van der Waals surface area contributed by atoms with Crippen molar-refractivity contribution in [2.24, 2.45) is 15.9 Å². The van der Waals surface area contributed by atoms with Crippen LogP contribution in [0.15, 0.2) is 27.5 Å². The molecule has 0 aliphatic carbocycles. The quantitative estimate of drug-likeness (QED) is 0.568. The summed E-state index contributed by atoms with van der Waals surface area (Å²) in [7, 11) is 3.00. The van der Waals surface area contributed by atoms with Crippen LogP contribution in [0.1, 0.15) is 11.8 Å². The molecule has 1 saturated heterocycles. The zero-order valence-electron chi connectivity index (χ0n) is 19.1. The van der Waals surface area contributed by atoms with Crippen LogP contribution in [0.4, 0.5) is 9.59 Å². The SMILES string of the molecule is CCOC(=O)N1CCN(C(=O)CSC2=NC(c3cccs3)=NC3=[N+](C)C(=O)N(C)C(=O)C23)CC1. The number of fused-ring (bicyclic) bond motifs is 1. The molecule has 34 heavy (non-hydrogen) atoms. The van der Waals surface area contributed by atoms with Gasteiger partial charge in [0.15, 0.2) is 5.92 Å². The lowest BCUT2D eigenvalue weighted by Crippen LogP contribution is -2.55. The Morgan fingerprint density at radius 2 is 1.91 bits per heavy atom. The van der Waals surface area contributed by atoms with Crippen LogP contribution in [0.25, 0.3) is 0 Å². The minimum Gasteiger partial charge on any atom is -0.450 e.